The first-order valence-corrected chi connectivity index (χ1v) is 7.21. The Morgan fingerprint density at radius 1 is 1.44 bits per heavy atom. The van der Waals surface area contributed by atoms with E-state index >= 15 is 0 Å². The van der Waals surface area contributed by atoms with Crippen LogP contribution in [0.2, 0.25) is 5.02 Å². The molecular formula is C15H22ClNO. The molecule has 0 bridgehead atoms. The van der Waals surface area contributed by atoms with E-state index in [9.17, 15) is 0 Å². The van der Waals surface area contributed by atoms with E-state index in [1.54, 1.807) is 7.11 Å². The van der Waals surface area contributed by atoms with Crippen molar-refractivity contribution in [3.63, 3.8) is 0 Å². The molecule has 2 rings (SSSR count). The second kappa shape index (κ2) is 6.44. The van der Waals surface area contributed by atoms with Gasteiger partial charge in [0.1, 0.15) is 5.75 Å². The van der Waals surface area contributed by atoms with E-state index in [2.05, 4.69) is 18.3 Å². The summed E-state index contributed by atoms with van der Waals surface area (Å²) in [5.74, 6) is 1.56. The molecule has 1 aliphatic carbocycles. The minimum atomic E-state index is 0.400. The van der Waals surface area contributed by atoms with Gasteiger partial charge in [0.25, 0.3) is 0 Å². The molecule has 0 saturated heterocycles. The van der Waals surface area contributed by atoms with Gasteiger partial charge in [0.2, 0.25) is 0 Å². The fraction of sp³-hybridized carbons (Fsp3) is 0.600. The molecule has 0 radical (unpaired) electrons. The Balaban J connectivity index is 2.18. The number of halogens is 1. The van der Waals surface area contributed by atoms with Crippen LogP contribution in [0.15, 0.2) is 18.2 Å². The van der Waals surface area contributed by atoms with Crippen LogP contribution in [0.4, 0.5) is 0 Å². The molecule has 1 unspecified atom stereocenters. The van der Waals surface area contributed by atoms with Crippen LogP contribution in [-0.4, -0.2) is 13.7 Å². The molecule has 1 saturated carbocycles. The topological polar surface area (TPSA) is 21.3 Å². The monoisotopic (exact) mass is 267 g/mol. The van der Waals surface area contributed by atoms with Crippen molar-refractivity contribution in [3.8, 4) is 5.75 Å². The Morgan fingerprint density at radius 2 is 2.22 bits per heavy atom. The Bertz CT molecular complexity index is 390. The lowest BCUT2D eigenvalue weighted by atomic mass is 9.77. The smallest absolute Gasteiger partial charge is 0.120 e. The van der Waals surface area contributed by atoms with Gasteiger partial charge >= 0.3 is 0 Å². The zero-order chi connectivity index (χ0) is 13.0. The van der Waals surface area contributed by atoms with Gasteiger partial charge in [-0.3, -0.25) is 0 Å². The van der Waals surface area contributed by atoms with E-state index in [1.165, 1.54) is 24.8 Å². The molecule has 1 aliphatic rings. The second-order valence-electron chi connectivity index (χ2n) is 5.01. The van der Waals surface area contributed by atoms with E-state index in [0.29, 0.717) is 6.04 Å². The molecule has 0 spiro atoms. The van der Waals surface area contributed by atoms with Crippen LogP contribution >= 0.6 is 11.6 Å². The summed E-state index contributed by atoms with van der Waals surface area (Å²) in [6.45, 7) is 3.24. The van der Waals surface area contributed by atoms with Gasteiger partial charge in [0.05, 0.1) is 7.11 Å². The molecule has 0 amide bonds. The molecule has 2 nitrogen and oxygen atoms in total. The predicted molar refractivity (Wildman–Crippen MR) is 76.4 cm³/mol. The minimum absolute atomic E-state index is 0.400. The Morgan fingerprint density at radius 3 is 2.72 bits per heavy atom. The van der Waals surface area contributed by atoms with Gasteiger partial charge in [-0.15, -0.1) is 0 Å². The van der Waals surface area contributed by atoms with Gasteiger partial charge in [-0.1, -0.05) is 31.0 Å². The zero-order valence-corrected chi connectivity index (χ0v) is 12.0. The molecule has 1 N–H and O–H groups in total. The summed E-state index contributed by atoms with van der Waals surface area (Å²) in [6, 6.07) is 6.42. The number of hydrogen-bond acceptors (Lipinski definition) is 2. The van der Waals surface area contributed by atoms with Crippen molar-refractivity contribution in [1.29, 1.82) is 0 Å². The molecule has 0 aliphatic heterocycles. The number of benzene rings is 1. The lowest BCUT2D eigenvalue weighted by Crippen LogP contribution is -2.32. The average Bonchev–Trinajstić information content (AvgIpc) is 2.32. The normalized spacial score (nSPS) is 17.3. The van der Waals surface area contributed by atoms with E-state index in [0.717, 1.165) is 29.7 Å². The van der Waals surface area contributed by atoms with E-state index in [-0.39, 0.29) is 0 Å². The maximum absolute atomic E-state index is 6.39. The molecule has 3 heteroatoms. The highest BCUT2D eigenvalue weighted by molar-refractivity contribution is 6.31. The summed E-state index contributed by atoms with van der Waals surface area (Å²) >= 11 is 6.39. The van der Waals surface area contributed by atoms with Crippen molar-refractivity contribution in [2.45, 2.75) is 38.6 Å². The fourth-order valence-electron chi connectivity index (χ4n) is 2.49. The predicted octanol–water partition coefficient (Wildman–Crippen LogP) is 4.19. The second-order valence-corrected chi connectivity index (χ2v) is 5.42. The quantitative estimate of drug-likeness (QED) is 0.834. The third-order valence-electron chi connectivity index (χ3n) is 3.78. The zero-order valence-electron chi connectivity index (χ0n) is 11.2. The summed E-state index contributed by atoms with van der Waals surface area (Å²) in [5, 5.41) is 4.46. The molecule has 18 heavy (non-hydrogen) atoms. The largest absolute Gasteiger partial charge is 0.497 e. The number of hydrogen-bond donors (Lipinski definition) is 1. The summed E-state index contributed by atoms with van der Waals surface area (Å²) in [4.78, 5) is 0. The van der Waals surface area contributed by atoms with Gasteiger partial charge in [-0.25, -0.2) is 0 Å². The van der Waals surface area contributed by atoms with Crippen molar-refractivity contribution in [2.24, 2.45) is 5.92 Å². The molecule has 1 fully saturated rings. The van der Waals surface area contributed by atoms with E-state index < -0.39 is 0 Å². The van der Waals surface area contributed by atoms with Gasteiger partial charge in [0.15, 0.2) is 0 Å². The lowest BCUT2D eigenvalue weighted by Gasteiger charge is -2.35. The van der Waals surface area contributed by atoms with E-state index in [1.807, 2.05) is 12.1 Å². The number of rotatable bonds is 6. The van der Waals surface area contributed by atoms with Crippen LogP contribution < -0.4 is 10.1 Å². The third-order valence-corrected chi connectivity index (χ3v) is 4.11. The van der Waals surface area contributed by atoms with Crippen LogP contribution in [0.3, 0.4) is 0 Å². The van der Waals surface area contributed by atoms with Gasteiger partial charge in [0, 0.05) is 11.1 Å². The van der Waals surface area contributed by atoms with Crippen molar-refractivity contribution < 1.29 is 4.74 Å². The van der Waals surface area contributed by atoms with Gasteiger partial charge < -0.3 is 10.1 Å². The first-order chi connectivity index (χ1) is 8.76. The van der Waals surface area contributed by atoms with Crippen molar-refractivity contribution in [2.75, 3.05) is 13.7 Å². The van der Waals surface area contributed by atoms with Crippen LogP contribution in [0.5, 0.6) is 5.75 Å². The van der Waals surface area contributed by atoms with Gasteiger partial charge in [-0.05, 0) is 49.4 Å². The van der Waals surface area contributed by atoms with E-state index in [4.69, 9.17) is 16.3 Å². The van der Waals surface area contributed by atoms with Crippen LogP contribution in [0.25, 0.3) is 0 Å². The summed E-state index contributed by atoms with van der Waals surface area (Å²) < 4.78 is 5.21. The molecular weight excluding hydrogens is 246 g/mol. The average molecular weight is 268 g/mol. The maximum atomic E-state index is 6.39. The first kappa shape index (κ1) is 13.7. The highest BCUT2D eigenvalue weighted by Gasteiger charge is 2.29. The highest BCUT2D eigenvalue weighted by atomic mass is 35.5. The fourth-order valence-corrected chi connectivity index (χ4v) is 2.78. The van der Waals surface area contributed by atoms with Crippen molar-refractivity contribution in [1.82, 2.24) is 5.32 Å². The van der Waals surface area contributed by atoms with Crippen LogP contribution in [-0.2, 0) is 0 Å². The molecule has 0 heterocycles. The molecule has 1 atom stereocenters. The number of nitrogens with one attached hydrogen (secondary N) is 1. The summed E-state index contributed by atoms with van der Waals surface area (Å²) in [6.07, 6.45) is 5.12. The van der Waals surface area contributed by atoms with Gasteiger partial charge in [-0.2, -0.15) is 0 Å². The van der Waals surface area contributed by atoms with Crippen molar-refractivity contribution in [3.05, 3.63) is 28.8 Å². The number of ether oxygens (including phenoxy) is 1. The Kier molecular flexibility index (Phi) is 4.90. The SMILES string of the molecule is CCCNC(c1ccc(OC)cc1Cl)C1CCC1. The summed E-state index contributed by atoms with van der Waals surface area (Å²) in [5.41, 5.74) is 1.22. The minimum Gasteiger partial charge on any atom is -0.497 e. The third kappa shape index (κ3) is 2.99. The molecule has 100 valence electrons. The van der Waals surface area contributed by atoms with Crippen LogP contribution in [0.1, 0.15) is 44.2 Å². The highest BCUT2D eigenvalue weighted by Crippen LogP contribution is 2.40. The van der Waals surface area contributed by atoms with Crippen molar-refractivity contribution >= 4 is 11.6 Å². The molecule has 1 aromatic rings. The number of methoxy groups -OCH3 is 1. The lowest BCUT2D eigenvalue weighted by molar-refractivity contribution is 0.231. The standard InChI is InChI=1S/C15H22ClNO/c1-3-9-17-15(11-5-4-6-11)13-8-7-12(18-2)10-14(13)16/h7-8,10-11,15,17H,3-6,9H2,1-2H3. The van der Waals surface area contributed by atoms with Crippen LogP contribution in [0, 0.1) is 5.92 Å². The first-order valence-electron chi connectivity index (χ1n) is 6.83. The Labute approximate surface area is 115 Å². The molecule has 1 aromatic carbocycles. The summed E-state index contributed by atoms with van der Waals surface area (Å²) in [7, 11) is 1.67. The molecule has 0 aromatic heterocycles. The Hall–Kier alpha value is -0.730. The maximum Gasteiger partial charge on any atom is 0.120 e.